The average molecular weight is 490 g/mol. The third-order valence-corrected chi connectivity index (χ3v) is 6.80. The maximum atomic E-state index is 11.1. The maximum Gasteiger partial charge on any atom is 0.162 e. The quantitative estimate of drug-likeness (QED) is 0.167. The van der Waals surface area contributed by atoms with Gasteiger partial charge in [-0.1, -0.05) is 23.7 Å². The number of amidine groups is 1. The third kappa shape index (κ3) is 7.73. The molecule has 0 saturated carbocycles. The lowest BCUT2D eigenvalue weighted by atomic mass is 9.79. The Bertz CT molecular complexity index is 952. The molecule has 180 valence electrons. The summed E-state index contributed by atoms with van der Waals surface area (Å²) in [5.41, 5.74) is 2.04. The van der Waals surface area contributed by atoms with Crippen molar-refractivity contribution in [1.82, 2.24) is 15.1 Å². The zero-order valence-electron chi connectivity index (χ0n) is 20.6. The minimum absolute atomic E-state index is 0.0218. The minimum atomic E-state index is -0.0218. The average Bonchev–Trinajstić information content (AvgIpc) is 2.67. The number of piperidine rings is 1. The van der Waals surface area contributed by atoms with Gasteiger partial charge in [-0.25, -0.2) is 0 Å². The normalized spacial score (nSPS) is 18.2. The van der Waals surface area contributed by atoms with Gasteiger partial charge in [-0.3, -0.25) is 15.6 Å². The Kier molecular flexibility index (Phi) is 8.96. The van der Waals surface area contributed by atoms with Crippen LogP contribution in [0.4, 0.5) is 0 Å². The number of hydrogen-bond acceptors (Lipinski definition) is 6. The van der Waals surface area contributed by atoms with Gasteiger partial charge in [-0.2, -0.15) is 0 Å². The van der Waals surface area contributed by atoms with Crippen molar-refractivity contribution in [2.45, 2.75) is 57.7 Å². The molecule has 0 unspecified atom stereocenters. The van der Waals surface area contributed by atoms with Crippen LogP contribution in [0, 0.1) is 10.8 Å². The van der Waals surface area contributed by atoms with Gasteiger partial charge >= 0.3 is 0 Å². The summed E-state index contributed by atoms with van der Waals surface area (Å²) in [4.78, 5) is 14.9. The maximum absolute atomic E-state index is 11.1. The predicted octanol–water partition coefficient (Wildman–Crippen LogP) is 5.23. The summed E-state index contributed by atoms with van der Waals surface area (Å²) in [6, 6.07) is 5.59. The van der Waals surface area contributed by atoms with Crippen LogP contribution < -0.4 is 5.32 Å². The summed E-state index contributed by atoms with van der Waals surface area (Å²) in [7, 11) is 5.74. The van der Waals surface area contributed by atoms with Gasteiger partial charge in [0.15, 0.2) is 5.17 Å². The smallest absolute Gasteiger partial charge is 0.162 e. The van der Waals surface area contributed by atoms with Crippen LogP contribution >= 0.6 is 23.4 Å². The Labute approximate surface area is 207 Å². The summed E-state index contributed by atoms with van der Waals surface area (Å²) in [6.45, 7) is 8.76. The Hall–Kier alpha value is -2.09. The molecule has 0 spiro atoms. The van der Waals surface area contributed by atoms with Crippen LogP contribution in [0.15, 0.2) is 36.6 Å². The number of halogens is 1. The van der Waals surface area contributed by atoms with E-state index >= 15 is 0 Å². The monoisotopic (exact) mass is 489 g/mol. The first-order valence-corrected chi connectivity index (χ1v) is 12.1. The van der Waals surface area contributed by atoms with Gasteiger partial charge in [-0.05, 0) is 87.9 Å². The van der Waals surface area contributed by atoms with E-state index in [4.69, 9.17) is 22.4 Å². The van der Waals surface area contributed by atoms with Crippen molar-refractivity contribution in [2.75, 3.05) is 21.1 Å². The molecule has 0 amide bonds. The zero-order valence-corrected chi connectivity index (χ0v) is 22.2. The van der Waals surface area contributed by atoms with E-state index in [0.29, 0.717) is 15.8 Å². The third-order valence-electron chi connectivity index (χ3n) is 5.58. The second kappa shape index (κ2) is 10.9. The lowest BCUT2D eigenvalue weighted by Crippen LogP contribution is -2.62. The number of carbonyl (C=O) groups excluding carboxylic acids is 1. The first kappa shape index (κ1) is 27.2. The second-order valence-electron chi connectivity index (χ2n) is 10.0. The Morgan fingerprint density at radius 3 is 2.27 bits per heavy atom. The van der Waals surface area contributed by atoms with Crippen LogP contribution in [0.5, 0.6) is 0 Å². The van der Waals surface area contributed by atoms with Crippen LogP contribution in [0.1, 0.15) is 51.7 Å². The largest absolute Gasteiger partial charge is 0.383 e. The van der Waals surface area contributed by atoms with Gasteiger partial charge in [0.2, 0.25) is 0 Å². The molecule has 1 saturated heterocycles. The van der Waals surface area contributed by atoms with Gasteiger partial charge in [0.25, 0.3) is 0 Å². The molecule has 0 bridgehead atoms. The van der Waals surface area contributed by atoms with E-state index in [-0.39, 0.29) is 22.2 Å². The number of allylic oxidation sites excluding steroid dienone is 3. The highest BCUT2D eigenvalue weighted by Crippen LogP contribution is 2.33. The molecule has 1 aromatic carbocycles. The van der Waals surface area contributed by atoms with Crippen molar-refractivity contribution in [3.05, 3.63) is 52.7 Å². The zero-order chi connectivity index (χ0) is 25.0. The van der Waals surface area contributed by atoms with E-state index in [1.54, 1.807) is 12.1 Å². The molecular formula is C25H36ClN5OS. The molecule has 1 fully saturated rings. The fraction of sp³-hybridized carbons (Fsp3) is 0.480. The molecule has 33 heavy (non-hydrogen) atoms. The van der Waals surface area contributed by atoms with Gasteiger partial charge in [0, 0.05) is 43.8 Å². The molecule has 0 aliphatic carbocycles. The lowest BCUT2D eigenvalue weighted by Gasteiger charge is -2.49. The first-order chi connectivity index (χ1) is 15.2. The van der Waals surface area contributed by atoms with E-state index in [1.807, 2.05) is 49.3 Å². The van der Waals surface area contributed by atoms with Crippen molar-refractivity contribution in [1.29, 1.82) is 10.8 Å². The lowest BCUT2D eigenvalue weighted by molar-refractivity contribution is -0.104. The number of thioether (sulfide) groups is 1. The molecule has 8 heteroatoms. The molecule has 0 aromatic heterocycles. The molecule has 0 atom stereocenters. The fourth-order valence-corrected chi connectivity index (χ4v) is 5.47. The van der Waals surface area contributed by atoms with Crippen LogP contribution in [-0.2, 0) is 4.79 Å². The number of nitrogens with one attached hydrogen (secondary N) is 3. The van der Waals surface area contributed by atoms with Crippen molar-refractivity contribution in [3.8, 4) is 0 Å². The Morgan fingerprint density at radius 2 is 1.76 bits per heavy atom. The number of aldehydes is 1. The Morgan fingerprint density at radius 1 is 1.15 bits per heavy atom. The molecule has 1 heterocycles. The van der Waals surface area contributed by atoms with Crippen molar-refractivity contribution in [3.63, 3.8) is 0 Å². The summed E-state index contributed by atoms with van der Waals surface area (Å²) >= 11 is 7.62. The van der Waals surface area contributed by atoms with E-state index in [0.717, 1.165) is 42.0 Å². The molecule has 1 aliphatic heterocycles. The second-order valence-corrected chi connectivity index (χ2v) is 11.4. The molecule has 1 aliphatic rings. The van der Waals surface area contributed by atoms with Crippen LogP contribution in [-0.4, -0.2) is 64.6 Å². The highest BCUT2D eigenvalue weighted by Gasteiger charge is 2.39. The highest BCUT2D eigenvalue weighted by atomic mass is 35.5. The molecule has 1 aromatic rings. The molecule has 6 nitrogen and oxygen atoms in total. The van der Waals surface area contributed by atoms with Gasteiger partial charge in [0.1, 0.15) is 11.3 Å². The summed E-state index contributed by atoms with van der Waals surface area (Å²) < 4.78 is 0. The van der Waals surface area contributed by atoms with Crippen molar-refractivity contribution >= 4 is 45.4 Å². The van der Waals surface area contributed by atoms with Crippen molar-refractivity contribution in [2.24, 2.45) is 0 Å². The van der Waals surface area contributed by atoms with Gasteiger partial charge < -0.3 is 15.1 Å². The standard InChI is InChI=1S/C25H36ClN5OS/c1-24(2)15-19(16-25(3,4)29-24)31(7)23(28)33-22(27)20-9-8-18(14-21(20)26)17(11-13-32)10-12-30(5)6/h8-14,19,27-29H,15-16H2,1-7H3/b12-10-,17-11+,27-22?,28-23?. The van der Waals surface area contributed by atoms with Crippen LogP contribution in [0.2, 0.25) is 5.02 Å². The fourth-order valence-electron chi connectivity index (χ4n) is 4.36. The predicted molar refractivity (Wildman–Crippen MR) is 143 cm³/mol. The molecule has 2 rings (SSSR count). The van der Waals surface area contributed by atoms with Gasteiger partial charge in [0.05, 0.1) is 5.02 Å². The van der Waals surface area contributed by atoms with E-state index < -0.39 is 0 Å². The minimum Gasteiger partial charge on any atom is -0.383 e. The number of nitrogens with zero attached hydrogens (tertiary/aromatic N) is 2. The molecule has 0 radical (unpaired) electrons. The van der Waals surface area contributed by atoms with E-state index in [9.17, 15) is 4.79 Å². The van der Waals surface area contributed by atoms with E-state index in [1.165, 1.54) is 6.08 Å². The first-order valence-electron chi connectivity index (χ1n) is 10.9. The topological polar surface area (TPSA) is 83.3 Å². The highest BCUT2D eigenvalue weighted by molar-refractivity contribution is 8.26. The number of benzene rings is 1. The number of rotatable bonds is 6. The summed E-state index contributed by atoms with van der Waals surface area (Å²) in [6.07, 6.45) is 7.77. The van der Waals surface area contributed by atoms with Crippen LogP contribution in [0.25, 0.3) is 5.57 Å². The van der Waals surface area contributed by atoms with Gasteiger partial charge in [-0.15, -0.1) is 0 Å². The SMILES string of the molecule is CN(C)/C=C\C(=C/C=O)c1ccc(C(=N)SC(=N)N(C)C2CC(C)(C)NC(C)(C)C2)c(Cl)c1. The number of carbonyl (C=O) groups is 1. The Balaban J connectivity index is 2.15. The number of hydrogen-bond donors (Lipinski definition) is 3. The van der Waals surface area contributed by atoms with Crippen molar-refractivity contribution < 1.29 is 4.79 Å². The molecular weight excluding hydrogens is 454 g/mol. The molecule has 3 N–H and O–H groups in total. The van der Waals surface area contributed by atoms with E-state index in [2.05, 4.69) is 33.0 Å². The summed E-state index contributed by atoms with van der Waals surface area (Å²) in [5, 5.41) is 21.8. The van der Waals surface area contributed by atoms with Crippen LogP contribution in [0.3, 0.4) is 0 Å². The summed E-state index contributed by atoms with van der Waals surface area (Å²) in [5.74, 6) is 0.